The quantitative estimate of drug-likeness (QED) is 0.758. The standard InChI is InChI=1S/C8H11F3O3/c1-5(7(13)14)4-6(12)2-3-8(9,10)11/h5H,2-4H2,1H3,(H,13,14)/t5-/m1/s1. The average Bonchev–Trinajstić information content (AvgIpc) is 1.99. The zero-order valence-corrected chi connectivity index (χ0v) is 7.60. The number of halogens is 3. The van der Waals surface area contributed by atoms with Crippen molar-refractivity contribution in [1.29, 1.82) is 0 Å². The topological polar surface area (TPSA) is 54.4 Å². The Bertz CT molecular complexity index is 222. The fourth-order valence-electron chi connectivity index (χ4n) is 0.812. The normalized spacial score (nSPS) is 13.7. The summed E-state index contributed by atoms with van der Waals surface area (Å²) in [6, 6.07) is 0. The number of hydrogen-bond donors (Lipinski definition) is 1. The lowest BCUT2D eigenvalue weighted by molar-refractivity contribution is -0.146. The van der Waals surface area contributed by atoms with E-state index in [9.17, 15) is 22.8 Å². The third kappa shape index (κ3) is 6.45. The van der Waals surface area contributed by atoms with Crippen molar-refractivity contribution in [2.45, 2.75) is 32.4 Å². The molecule has 0 aromatic rings. The second-order valence-corrected chi connectivity index (χ2v) is 3.10. The molecule has 0 bridgehead atoms. The summed E-state index contributed by atoms with van der Waals surface area (Å²) in [5, 5.41) is 8.38. The van der Waals surface area contributed by atoms with E-state index < -0.39 is 36.7 Å². The maximum absolute atomic E-state index is 11.6. The minimum atomic E-state index is -4.36. The first-order valence-electron chi connectivity index (χ1n) is 4.03. The Morgan fingerprint density at radius 1 is 1.36 bits per heavy atom. The van der Waals surface area contributed by atoms with E-state index in [0.29, 0.717) is 0 Å². The van der Waals surface area contributed by atoms with Crippen LogP contribution in [0.15, 0.2) is 0 Å². The van der Waals surface area contributed by atoms with E-state index in [0.717, 1.165) is 0 Å². The summed E-state index contributed by atoms with van der Waals surface area (Å²) >= 11 is 0. The van der Waals surface area contributed by atoms with Crippen LogP contribution in [0.25, 0.3) is 0 Å². The van der Waals surface area contributed by atoms with Gasteiger partial charge in [0.1, 0.15) is 5.78 Å². The van der Waals surface area contributed by atoms with Crippen LogP contribution in [0.1, 0.15) is 26.2 Å². The van der Waals surface area contributed by atoms with Crippen LogP contribution in [0.4, 0.5) is 13.2 Å². The van der Waals surface area contributed by atoms with Crippen molar-refractivity contribution in [2.24, 2.45) is 5.92 Å². The fraction of sp³-hybridized carbons (Fsp3) is 0.750. The van der Waals surface area contributed by atoms with E-state index in [1.807, 2.05) is 0 Å². The summed E-state index contributed by atoms with van der Waals surface area (Å²) in [5.41, 5.74) is 0. The lowest BCUT2D eigenvalue weighted by Gasteiger charge is -2.07. The molecular formula is C8H11F3O3. The molecule has 0 saturated carbocycles. The molecule has 0 aliphatic rings. The first-order valence-corrected chi connectivity index (χ1v) is 4.03. The van der Waals surface area contributed by atoms with Gasteiger partial charge in [0, 0.05) is 12.8 Å². The largest absolute Gasteiger partial charge is 0.481 e. The molecule has 0 fully saturated rings. The van der Waals surface area contributed by atoms with Crippen LogP contribution in [-0.2, 0) is 9.59 Å². The van der Waals surface area contributed by atoms with E-state index >= 15 is 0 Å². The van der Waals surface area contributed by atoms with Gasteiger partial charge in [0.05, 0.1) is 12.3 Å². The Hall–Kier alpha value is -1.07. The molecule has 0 aromatic heterocycles. The second-order valence-electron chi connectivity index (χ2n) is 3.10. The molecule has 82 valence electrons. The number of hydrogen-bond acceptors (Lipinski definition) is 2. The third-order valence-corrected chi connectivity index (χ3v) is 1.64. The van der Waals surface area contributed by atoms with Crippen molar-refractivity contribution in [3.63, 3.8) is 0 Å². The molecule has 0 spiro atoms. The van der Waals surface area contributed by atoms with Crippen LogP contribution in [-0.4, -0.2) is 23.0 Å². The zero-order valence-electron chi connectivity index (χ0n) is 7.60. The van der Waals surface area contributed by atoms with Crippen molar-refractivity contribution in [2.75, 3.05) is 0 Å². The maximum Gasteiger partial charge on any atom is 0.389 e. The lowest BCUT2D eigenvalue weighted by Crippen LogP contribution is -2.16. The van der Waals surface area contributed by atoms with Crippen molar-refractivity contribution in [1.82, 2.24) is 0 Å². The molecule has 1 atom stereocenters. The fourth-order valence-corrected chi connectivity index (χ4v) is 0.812. The SMILES string of the molecule is C[C@H](CC(=O)CCC(F)(F)F)C(=O)O. The van der Waals surface area contributed by atoms with Gasteiger partial charge in [-0.3, -0.25) is 9.59 Å². The molecule has 0 rings (SSSR count). The molecule has 0 aliphatic carbocycles. The first-order chi connectivity index (χ1) is 6.22. The van der Waals surface area contributed by atoms with E-state index in [-0.39, 0.29) is 6.42 Å². The average molecular weight is 212 g/mol. The second kappa shape index (κ2) is 4.97. The van der Waals surface area contributed by atoms with Crippen molar-refractivity contribution < 1.29 is 27.9 Å². The molecule has 6 heteroatoms. The van der Waals surface area contributed by atoms with Gasteiger partial charge < -0.3 is 5.11 Å². The van der Waals surface area contributed by atoms with Crippen LogP contribution in [0.3, 0.4) is 0 Å². The zero-order chi connectivity index (χ0) is 11.4. The van der Waals surface area contributed by atoms with Crippen LogP contribution in [0, 0.1) is 5.92 Å². The number of aliphatic carboxylic acids is 1. The predicted octanol–water partition coefficient (Wildman–Crippen LogP) is 2.01. The smallest absolute Gasteiger partial charge is 0.389 e. The van der Waals surface area contributed by atoms with Gasteiger partial charge in [-0.1, -0.05) is 6.92 Å². The minimum Gasteiger partial charge on any atom is -0.481 e. The van der Waals surface area contributed by atoms with Crippen LogP contribution in [0.2, 0.25) is 0 Å². The number of carboxylic acid groups (broad SMARTS) is 1. The minimum absolute atomic E-state index is 0.342. The number of alkyl halides is 3. The summed E-state index contributed by atoms with van der Waals surface area (Å²) in [6.07, 6.45) is -6.52. The van der Waals surface area contributed by atoms with Gasteiger partial charge in [0.25, 0.3) is 0 Å². The van der Waals surface area contributed by atoms with E-state index in [4.69, 9.17) is 5.11 Å². The number of carboxylic acids is 1. The molecule has 0 heterocycles. The van der Waals surface area contributed by atoms with Gasteiger partial charge in [-0.25, -0.2) is 0 Å². The molecule has 14 heavy (non-hydrogen) atoms. The van der Waals surface area contributed by atoms with Gasteiger partial charge in [-0.05, 0) is 0 Å². The summed E-state index contributed by atoms with van der Waals surface area (Å²) in [7, 11) is 0. The molecule has 0 unspecified atom stereocenters. The third-order valence-electron chi connectivity index (χ3n) is 1.64. The van der Waals surface area contributed by atoms with Crippen LogP contribution >= 0.6 is 0 Å². The molecule has 0 radical (unpaired) electrons. The van der Waals surface area contributed by atoms with Gasteiger partial charge in [0.2, 0.25) is 0 Å². The highest BCUT2D eigenvalue weighted by Gasteiger charge is 2.28. The Morgan fingerprint density at radius 3 is 2.21 bits per heavy atom. The molecule has 0 aliphatic heterocycles. The predicted molar refractivity (Wildman–Crippen MR) is 41.7 cm³/mol. The Labute approximate surface area is 78.9 Å². The van der Waals surface area contributed by atoms with Gasteiger partial charge >= 0.3 is 12.1 Å². The molecule has 0 aromatic carbocycles. The number of carbonyl (C=O) groups excluding carboxylic acids is 1. The molecular weight excluding hydrogens is 201 g/mol. The lowest BCUT2D eigenvalue weighted by atomic mass is 10.0. The number of rotatable bonds is 5. The number of carbonyl (C=O) groups is 2. The molecule has 0 saturated heterocycles. The molecule has 3 nitrogen and oxygen atoms in total. The van der Waals surface area contributed by atoms with Crippen molar-refractivity contribution in [3.05, 3.63) is 0 Å². The highest BCUT2D eigenvalue weighted by Crippen LogP contribution is 2.22. The van der Waals surface area contributed by atoms with Gasteiger partial charge in [-0.2, -0.15) is 13.2 Å². The van der Waals surface area contributed by atoms with Crippen molar-refractivity contribution in [3.8, 4) is 0 Å². The number of ketones is 1. The molecule has 0 amide bonds. The highest BCUT2D eigenvalue weighted by molar-refractivity contribution is 5.83. The summed E-state index contributed by atoms with van der Waals surface area (Å²) in [5.74, 6) is -2.77. The summed E-state index contributed by atoms with van der Waals surface area (Å²) in [4.78, 5) is 21.1. The molecule has 1 N–H and O–H groups in total. The highest BCUT2D eigenvalue weighted by atomic mass is 19.4. The Balaban J connectivity index is 3.83. The Morgan fingerprint density at radius 2 is 1.86 bits per heavy atom. The van der Waals surface area contributed by atoms with E-state index in [2.05, 4.69) is 0 Å². The van der Waals surface area contributed by atoms with Gasteiger partial charge in [0.15, 0.2) is 0 Å². The van der Waals surface area contributed by atoms with Crippen LogP contribution < -0.4 is 0 Å². The maximum atomic E-state index is 11.6. The Kier molecular flexibility index (Phi) is 4.59. The van der Waals surface area contributed by atoms with E-state index in [1.54, 1.807) is 0 Å². The summed E-state index contributed by atoms with van der Waals surface area (Å²) < 4.78 is 34.9. The van der Waals surface area contributed by atoms with Crippen molar-refractivity contribution >= 4 is 11.8 Å². The van der Waals surface area contributed by atoms with Crippen LogP contribution in [0.5, 0.6) is 0 Å². The monoisotopic (exact) mass is 212 g/mol. The van der Waals surface area contributed by atoms with E-state index in [1.165, 1.54) is 6.92 Å². The first kappa shape index (κ1) is 12.9. The van der Waals surface area contributed by atoms with Gasteiger partial charge in [-0.15, -0.1) is 0 Å². The number of Topliss-reactive ketones (excluding diaryl/α,β-unsaturated/α-hetero) is 1. The summed E-state index contributed by atoms with van der Waals surface area (Å²) in [6.45, 7) is 1.29.